The Hall–Kier alpha value is -3.74. The minimum atomic E-state index is -2.94. The van der Waals surface area contributed by atoms with Gasteiger partial charge in [0.15, 0.2) is 0 Å². The third-order valence-electron chi connectivity index (χ3n) is 5.90. The molecule has 0 unspecified atom stereocenters. The number of aryl methyl sites for hydroxylation is 1. The van der Waals surface area contributed by atoms with Gasteiger partial charge in [-0.2, -0.15) is 0 Å². The number of alkyl halides is 2. The molecule has 1 aliphatic heterocycles. The summed E-state index contributed by atoms with van der Waals surface area (Å²) in [6.07, 6.45) is 0. The highest BCUT2D eigenvalue weighted by Gasteiger charge is 2.26. The van der Waals surface area contributed by atoms with E-state index >= 15 is 0 Å². The molecular weight excluding hydrogens is 424 g/mol. The first-order chi connectivity index (χ1) is 15.8. The maximum Gasteiger partial charge on any atom is 0.270 e. The van der Waals surface area contributed by atoms with Gasteiger partial charge in [-0.15, -0.1) is 0 Å². The van der Waals surface area contributed by atoms with Gasteiger partial charge in [0.2, 0.25) is 0 Å². The lowest BCUT2D eigenvalue weighted by molar-refractivity contribution is 0.0174. The zero-order chi connectivity index (χ0) is 23.2. The Morgan fingerprint density at radius 3 is 2.55 bits per heavy atom. The third kappa shape index (κ3) is 4.18. The Kier molecular flexibility index (Phi) is 5.12. The summed E-state index contributed by atoms with van der Waals surface area (Å²) in [4.78, 5) is 22.5. The van der Waals surface area contributed by atoms with E-state index in [1.165, 1.54) is 24.3 Å². The fraction of sp³-hybridized carbons (Fsp3) is 0.231. The van der Waals surface area contributed by atoms with Crippen molar-refractivity contribution in [2.75, 3.05) is 13.2 Å². The van der Waals surface area contributed by atoms with E-state index in [0.29, 0.717) is 25.3 Å². The number of carbonyl (C=O) groups excluding carboxylic acids is 1. The largest absolute Gasteiger partial charge is 0.491 e. The number of fused-ring (bicyclic) bond motifs is 2. The summed E-state index contributed by atoms with van der Waals surface area (Å²) in [5.74, 6) is -1.54. The van der Waals surface area contributed by atoms with Crippen LogP contribution < -0.4 is 4.74 Å². The van der Waals surface area contributed by atoms with Crippen molar-refractivity contribution in [1.29, 1.82) is 0 Å². The second-order valence-corrected chi connectivity index (χ2v) is 8.42. The number of aromatic amines is 1. The number of nitrogens with zero attached hydrogens (tertiary/aromatic N) is 2. The molecule has 4 aromatic rings. The molecule has 0 bridgehead atoms. The smallest absolute Gasteiger partial charge is 0.270 e. The number of rotatable bonds is 3. The summed E-state index contributed by atoms with van der Waals surface area (Å²) in [5, 5.41) is 0. The number of carbonyl (C=O) groups is 1. The molecule has 168 valence electrons. The minimum Gasteiger partial charge on any atom is -0.491 e. The quantitative estimate of drug-likeness (QED) is 0.439. The normalized spacial score (nSPS) is 14.0. The number of hydrogen-bond donors (Lipinski definition) is 1. The van der Waals surface area contributed by atoms with E-state index in [4.69, 9.17) is 4.74 Å². The Bertz CT molecular complexity index is 1340. The second kappa shape index (κ2) is 7.99. The van der Waals surface area contributed by atoms with Gasteiger partial charge < -0.3 is 14.6 Å². The van der Waals surface area contributed by atoms with Crippen molar-refractivity contribution in [3.8, 4) is 16.9 Å². The molecule has 1 amide bonds. The predicted octanol–water partition coefficient (Wildman–Crippen LogP) is 5.68. The molecule has 1 aromatic heterocycles. The van der Waals surface area contributed by atoms with Crippen LogP contribution in [0, 0.1) is 6.92 Å². The average Bonchev–Trinajstić information content (AvgIpc) is 3.03. The summed E-state index contributed by atoms with van der Waals surface area (Å²) in [7, 11) is 0. The van der Waals surface area contributed by atoms with Crippen LogP contribution in [0.25, 0.3) is 22.2 Å². The summed E-state index contributed by atoms with van der Waals surface area (Å²) >= 11 is 0. The standard InChI is InChI=1S/C26H23F2N3O2/c1-16-29-22-9-5-19(14-23(22)30-16)18-6-10-24-20(13-18)15-31(11-12-33-24)25(32)17-3-7-21(8-4-17)26(2,27)28/h3-10,13-14H,11-12,15H2,1-2H3,(H,29,30). The number of benzene rings is 3. The topological polar surface area (TPSA) is 58.2 Å². The predicted molar refractivity (Wildman–Crippen MR) is 123 cm³/mol. The van der Waals surface area contributed by atoms with Gasteiger partial charge >= 0.3 is 0 Å². The van der Waals surface area contributed by atoms with Gasteiger partial charge in [-0.1, -0.05) is 24.3 Å². The maximum atomic E-state index is 13.5. The molecule has 5 rings (SSSR count). The molecule has 1 N–H and O–H groups in total. The molecule has 0 atom stereocenters. The number of nitrogens with one attached hydrogen (secondary N) is 1. The van der Waals surface area contributed by atoms with Crippen molar-refractivity contribution in [2.45, 2.75) is 26.3 Å². The molecule has 5 nitrogen and oxygen atoms in total. The van der Waals surface area contributed by atoms with E-state index in [0.717, 1.165) is 46.2 Å². The average molecular weight is 447 g/mol. The van der Waals surface area contributed by atoms with Crippen LogP contribution in [-0.2, 0) is 12.5 Å². The van der Waals surface area contributed by atoms with E-state index in [1.807, 2.05) is 37.3 Å². The second-order valence-electron chi connectivity index (χ2n) is 8.42. The fourth-order valence-electron chi connectivity index (χ4n) is 4.15. The van der Waals surface area contributed by atoms with Gasteiger partial charge in [-0.3, -0.25) is 4.79 Å². The number of hydrogen-bond acceptors (Lipinski definition) is 3. The van der Waals surface area contributed by atoms with Gasteiger partial charge in [0, 0.05) is 30.2 Å². The lowest BCUT2D eigenvalue weighted by atomic mass is 10.0. The van der Waals surface area contributed by atoms with Crippen LogP contribution >= 0.6 is 0 Å². The van der Waals surface area contributed by atoms with Crippen molar-refractivity contribution in [1.82, 2.24) is 14.9 Å². The van der Waals surface area contributed by atoms with Crippen molar-refractivity contribution in [2.24, 2.45) is 0 Å². The molecular formula is C26H23F2N3O2. The molecule has 1 aliphatic rings. The summed E-state index contributed by atoms with van der Waals surface area (Å²) in [6.45, 7) is 3.91. The summed E-state index contributed by atoms with van der Waals surface area (Å²) in [6, 6.07) is 17.6. The molecule has 0 spiro atoms. The molecule has 7 heteroatoms. The van der Waals surface area contributed by atoms with E-state index in [-0.39, 0.29) is 11.5 Å². The first-order valence-electron chi connectivity index (χ1n) is 10.8. The number of halogens is 2. The van der Waals surface area contributed by atoms with E-state index in [2.05, 4.69) is 16.0 Å². The Morgan fingerprint density at radius 2 is 1.79 bits per heavy atom. The molecule has 0 fully saturated rings. The molecule has 0 saturated carbocycles. The Balaban J connectivity index is 1.42. The first-order valence-corrected chi connectivity index (χ1v) is 10.8. The maximum absolute atomic E-state index is 13.5. The molecule has 33 heavy (non-hydrogen) atoms. The van der Waals surface area contributed by atoms with E-state index < -0.39 is 5.92 Å². The monoisotopic (exact) mass is 447 g/mol. The van der Waals surface area contributed by atoms with Gasteiger partial charge in [-0.05, 0) is 54.4 Å². The summed E-state index contributed by atoms with van der Waals surface area (Å²) < 4.78 is 32.9. The van der Waals surface area contributed by atoms with E-state index in [1.54, 1.807) is 4.90 Å². The fourth-order valence-corrected chi connectivity index (χ4v) is 4.15. The van der Waals surface area contributed by atoms with Crippen molar-refractivity contribution >= 4 is 16.9 Å². The van der Waals surface area contributed by atoms with Crippen molar-refractivity contribution < 1.29 is 18.3 Å². The van der Waals surface area contributed by atoms with Crippen LogP contribution in [0.2, 0.25) is 0 Å². The lowest BCUT2D eigenvalue weighted by Crippen LogP contribution is -2.32. The van der Waals surface area contributed by atoms with Crippen LogP contribution in [0.15, 0.2) is 60.7 Å². The van der Waals surface area contributed by atoms with Crippen molar-refractivity contribution in [3.05, 3.63) is 83.2 Å². The van der Waals surface area contributed by atoms with Crippen LogP contribution in [0.4, 0.5) is 8.78 Å². The third-order valence-corrected chi connectivity index (χ3v) is 5.90. The van der Waals surface area contributed by atoms with Gasteiger partial charge in [-0.25, -0.2) is 13.8 Å². The molecule has 0 aliphatic carbocycles. The molecule has 0 radical (unpaired) electrons. The van der Waals surface area contributed by atoms with Gasteiger partial charge in [0.05, 0.1) is 17.6 Å². The lowest BCUT2D eigenvalue weighted by Gasteiger charge is -2.20. The van der Waals surface area contributed by atoms with Gasteiger partial charge in [0.1, 0.15) is 18.2 Å². The highest BCUT2D eigenvalue weighted by Crippen LogP contribution is 2.31. The highest BCUT2D eigenvalue weighted by atomic mass is 19.3. The van der Waals surface area contributed by atoms with Crippen LogP contribution in [0.3, 0.4) is 0 Å². The number of aromatic nitrogens is 2. The van der Waals surface area contributed by atoms with Crippen LogP contribution in [-0.4, -0.2) is 33.9 Å². The zero-order valence-electron chi connectivity index (χ0n) is 18.4. The number of amides is 1. The Morgan fingerprint density at radius 1 is 1.06 bits per heavy atom. The minimum absolute atomic E-state index is 0.113. The SMILES string of the molecule is Cc1nc2ccc(-c3ccc4c(c3)CN(C(=O)c3ccc(C(C)(F)F)cc3)CCO4)cc2[nH]1. The van der Waals surface area contributed by atoms with Crippen LogP contribution in [0.5, 0.6) is 5.75 Å². The summed E-state index contributed by atoms with van der Waals surface area (Å²) in [5.41, 5.74) is 5.09. The van der Waals surface area contributed by atoms with Crippen LogP contribution in [0.1, 0.15) is 34.2 Å². The number of ether oxygens (including phenoxy) is 1. The van der Waals surface area contributed by atoms with E-state index in [9.17, 15) is 13.6 Å². The first kappa shape index (κ1) is 21.1. The zero-order valence-corrected chi connectivity index (χ0v) is 18.4. The number of H-pyrrole nitrogens is 1. The highest BCUT2D eigenvalue weighted by molar-refractivity contribution is 5.94. The Labute approximate surface area is 190 Å². The van der Waals surface area contributed by atoms with Gasteiger partial charge in [0.25, 0.3) is 11.8 Å². The molecule has 0 saturated heterocycles. The number of imidazole rings is 1. The molecule has 3 aromatic carbocycles. The van der Waals surface area contributed by atoms with Crippen molar-refractivity contribution in [3.63, 3.8) is 0 Å². The molecule has 2 heterocycles.